The summed E-state index contributed by atoms with van der Waals surface area (Å²) in [6, 6.07) is 8.49. The third-order valence-electron chi connectivity index (χ3n) is 4.18. The van der Waals surface area contributed by atoms with Crippen LogP contribution < -0.4 is 5.73 Å². The summed E-state index contributed by atoms with van der Waals surface area (Å²) < 4.78 is 16.1. The van der Waals surface area contributed by atoms with E-state index in [1.165, 1.54) is 6.07 Å². The number of aromatic nitrogens is 1. The van der Waals surface area contributed by atoms with Gasteiger partial charge >= 0.3 is 0 Å². The van der Waals surface area contributed by atoms with Crippen LogP contribution in [0.1, 0.15) is 43.1 Å². The number of halogens is 1. The summed E-state index contributed by atoms with van der Waals surface area (Å²) >= 11 is 0. The van der Waals surface area contributed by atoms with Crippen LogP contribution in [-0.2, 0) is 6.42 Å². The largest absolute Gasteiger partial charge is 0.324 e. The van der Waals surface area contributed by atoms with Gasteiger partial charge in [0.1, 0.15) is 5.82 Å². The second-order valence-corrected chi connectivity index (χ2v) is 6.52. The SMILES string of the molecule is CC1(C)Cc2c(ccn2-c2ccc(C#N)cc2F)C(N)C1. The molecule has 4 heteroatoms. The van der Waals surface area contributed by atoms with Crippen LogP contribution in [0, 0.1) is 22.6 Å². The van der Waals surface area contributed by atoms with Crippen LogP contribution in [0.5, 0.6) is 0 Å². The topological polar surface area (TPSA) is 54.7 Å². The number of fused-ring (bicyclic) bond motifs is 1. The molecule has 0 saturated heterocycles. The maximum absolute atomic E-state index is 14.3. The Kier molecular flexibility index (Phi) is 3.11. The smallest absolute Gasteiger partial charge is 0.148 e. The number of nitrogens with zero attached hydrogens (tertiary/aromatic N) is 2. The van der Waals surface area contributed by atoms with E-state index >= 15 is 0 Å². The monoisotopic (exact) mass is 283 g/mol. The maximum Gasteiger partial charge on any atom is 0.148 e. The fraction of sp³-hybridized carbons (Fsp3) is 0.353. The van der Waals surface area contributed by atoms with E-state index in [1.54, 1.807) is 12.1 Å². The quantitative estimate of drug-likeness (QED) is 0.871. The molecule has 21 heavy (non-hydrogen) atoms. The fourth-order valence-corrected chi connectivity index (χ4v) is 3.23. The second kappa shape index (κ2) is 4.71. The maximum atomic E-state index is 14.3. The number of nitrogens with two attached hydrogens (primary N) is 1. The molecule has 0 spiro atoms. The lowest BCUT2D eigenvalue weighted by molar-refractivity contribution is 0.278. The Morgan fingerprint density at radius 2 is 2.14 bits per heavy atom. The zero-order valence-electron chi connectivity index (χ0n) is 12.2. The summed E-state index contributed by atoms with van der Waals surface area (Å²) in [5.74, 6) is -0.385. The van der Waals surface area contributed by atoms with Gasteiger partial charge in [0.15, 0.2) is 0 Å². The first-order chi connectivity index (χ1) is 9.91. The van der Waals surface area contributed by atoms with E-state index in [0.717, 1.165) is 24.1 Å². The van der Waals surface area contributed by atoms with Gasteiger partial charge in [0.05, 0.1) is 17.3 Å². The Bertz CT molecular complexity index is 737. The average Bonchev–Trinajstić information content (AvgIpc) is 2.81. The van der Waals surface area contributed by atoms with Crippen LogP contribution in [0.3, 0.4) is 0 Å². The molecular weight excluding hydrogens is 265 g/mol. The molecule has 1 heterocycles. The third kappa shape index (κ3) is 2.34. The zero-order chi connectivity index (χ0) is 15.2. The van der Waals surface area contributed by atoms with Gasteiger partial charge in [-0.05, 0) is 48.1 Å². The second-order valence-electron chi connectivity index (χ2n) is 6.52. The Morgan fingerprint density at radius 1 is 1.38 bits per heavy atom. The molecule has 1 unspecified atom stereocenters. The zero-order valence-corrected chi connectivity index (χ0v) is 12.2. The molecule has 1 aliphatic carbocycles. The molecule has 0 bridgehead atoms. The Balaban J connectivity index is 2.12. The van der Waals surface area contributed by atoms with E-state index in [0.29, 0.717) is 11.3 Å². The Hall–Kier alpha value is -2.12. The molecule has 0 amide bonds. The highest BCUT2D eigenvalue weighted by atomic mass is 19.1. The summed E-state index contributed by atoms with van der Waals surface area (Å²) in [5.41, 5.74) is 9.32. The highest BCUT2D eigenvalue weighted by molar-refractivity contribution is 5.45. The normalized spacial score (nSPS) is 19.9. The predicted molar refractivity (Wildman–Crippen MR) is 79.5 cm³/mol. The van der Waals surface area contributed by atoms with Crippen LogP contribution in [-0.4, -0.2) is 4.57 Å². The van der Waals surface area contributed by atoms with Gasteiger partial charge in [-0.2, -0.15) is 5.26 Å². The van der Waals surface area contributed by atoms with E-state index in [-0.39, 0.29) is 17.3 Å². The highest BCUT2D eigenvalue weighted by Gasteiger charge is 2.32. The molecule has 0 radical (unpaired) electrons. The van der Waals surface area contributed by atoms with Gasteiger partial charge in [0.2, 0.25) is 0 Å². The Labute approximate surface area is 123 Å². The van der Waals surface area contributed by atoms with Crippen molar-refractivity contribution in [1.82, 2.24) is 4.57 Å². The molecular formula is C17H18FN3. The van der Waals surface area contributed by atoms with Gasteiger partial charge < -0.3 is 10.3 Å². The van der Waals surface area contributed by atoms with Gasteiger partial charge in [-0.15, -0.1) is 0 Å². The van der Waals surface area contributed by atoms with Crippen LogP contribution in [0.25, 0.3) is 5.69 Å². The van der Waals surface area contributed by atoms with E-state index in [4.69, 9.17) is 11.0 Å². The molecule has 1 aromatic carbocycles. The molecule has 0 aliphatic heterocycles. The summed E-state index contributed by atoms with van der Waals surface area (Å²) in [5, 5.41) is 8.84. The van der Waals surface area contributed by atoms with Crippen molar-refractivity contribution < 1.29 is 4.39 Å². The van der Waals surface area contributed by atoms with Gasteiger partial charge in [-0.1, -0.05) is 13.8 Å². The summed E-state index contributed by atoms with van der Waals surface area (Å²) in [7, 11) is 0. The van der Waals surface area contributed by atoms with Crippen molar-refractivity contribution in [3.63, 3.8) is 0 Å². The van der Waals surface area contributed by atoms with Crippen molar-refractivity contribution in [2.45, 2.75) is 32.7 Å². The summed E-state index contributed by atoms with van der Waals surface area (Å²) in [4.78, 5) is 0. The molecule has 108 valence electrons. The molecule has 2 N–H and O–H groups in total. The van der Waals surface area contributed by atoms with E-state index in [2.05, 4.69) is 13.8 Å². The molecule has 1 atom stereocenters. The fourth-order valence-electron chi connectivity index (χ4n) is 3.23. The summed E-state index contributed by atoms with van der Waals surface area (Å²) in [6.45, 7) is 4.37. The van der Waals surface area contributed by atoms with Crippen LogP contribution >= 0.6 is 0 Å². The van der Waals surface area contributed by atoms with Crippen LogP contribution in [0.4, 0.5) is 4.39 Å². The number of hydrogen-bond donors (Lipinski definition) is 1. The van der Waals surface area contributed by atoms with E-state index in [1.807, 2.05) is 22.9 Å². The van der Waals surface area contributed by atoms with Gasteiger partial charge in [0.25, 0.3) is 0 Å². The number of rotatable bonds is 1. The predicted octanol–water partition coefficient (Wildman–Crippen LogP) is 3.46. The molecule has 2 aromatic rings. The lowest BCUT2D eigenvalue weighted by Crippen LogP contribution is -2.30. The standard InChI is InChI=1S/C17H18FN3/c1-17(2)8-14(20)12-5-6-21(16(12)9-17)15-4-3-11(10-19)7-13(15)18/h3-7,14H,8-9,20H2,1-2H3. The number of hydrogen-bond acceptors (Lipinski definition) is 2. The van der Waals surface area contributed by atoms with Crippen molar-refractivity contribution in [1.29, 1.82) is 5.26 Å². The van der Waals surface area contributed by atoms with Gasteiger partial charge in [-0.3, -0.25) is 0 Å². The molecule has 1 aliphatic rings. The third-order valence-corrected chi connectivity index (χ3v) is 4.18. The average molecular weight is 283 g/mol. The molecule has 3 nitrogen and oxygen atoms in total. The van der Waals surface area contributed by atoms with Crippen molar-refractivity contribution in [2.75, 3.05) is 0 Å². The molecule has 1 aromatic heterocycles. The minimum atomic E-state index is -0.385. The van der Waals surface area contributed by atoms with Crippen molar-refractivity contribution in [3.8, 4) is 11.8 Å². The number of nitriles is 1. The lowest BCUT2D eigenvalue weighted by atomic mass is 9.74. The van der Waals surface area contributed by atoms with Gasteiger partial charge in [-0.25, -0.2) is 4.39 Å². The van der Waals surface area contributed by atoms with Crippen LogP contribution in [0.15, 0.2) is 30.5 Å². The van der Waals surface area contributed by atoms with Gasteiger partial charge in [0, 0.05) is 17.9 Å². The van der Waals surface area contributed by atoms with Crippen LogP contribution in [0.2, 0.25) is 0 Å². The Morgan fingerprint density at radius 3 is 2.81 bits per heavy atom. The van der Waals surface area contributed by atoms with E-state index in [9.17, 15) is 4.39 Å². The first kappa shape index (κ1) is 13.8. The minimum Gasteiger partial charge on any atom is -0.324 e. The molecule has 0 fully saturated rings. The molecule has 3 rings (SSSR count). The molecule has 0 saturated carbocycles. The highest BCUT2D eigenvalue weighted by Crippen LogP contribution is 2.40. The first-order valence-electron chi connectivity index (χ1n) is 7.07. The minimum absolute atomic E-state index is 0.00792. The summed E-state index contributed by atoms with van der Waals surface area (Å²) in [6.07, 6.45) is 3.67. The van der Waals surface area contributed by atoms with Crippen molar-refractivity contribution >= 4 is 0 Å². The van der Waals surface area contributed by atoms with Crippen molar-refractivity contribution in [2.24, 2.45) is 11.1 Å². The number of benzene rings is 1. The lowest BCUT2D eigenvalue weighted by Gasteiger charge is -2.34. The van der Waals surface area contributed by atoms with E-state index < -0.39 is 0 Å². The first-order valence-corrected chi connectivity index (χ1v) is 7.07. The van der Waals surface area contributed by atoms with Crippen molar-refractivity contribution in [3.05, 3.63) is 53.1 Å².